The van der Waals surface area contributed by atoms with Crippen LogP contribution in [0.4, 0.5) is 0 Å². The highest BCUT2D eigenvalue weighted by atomic mass is 16.5. The Bertz CT molecular complexity index is 1040. The van der Waals surface area contributed by atoms with Gasteiger partial charge in [0.05, 0.1) is 25.4 Å². The predicted molar refractivity (Wildman–Crippen MR) is 278 cm³/mol. The van der Waals surface area contributed by atoms with E-state index < -0.39 is 12.1 Å². The van der Waals surface area contributed by atoms with Gasteiger partial charge in [0.2, 0.25) is 5.91 Å². The molecule has 0 rings (SSSR count). The normalized spacial score (nSPS) is 12.9. The molecule has 2 atom stereocenters. The Hall–Kier alpha value is -1.92. The van der Waals surface area contributed by atoms with Gasteiger partial charge in [0, 0.05) is 12.8 Å². The second-order valence-electron chi connectivity index (χ2n) is 19.3. The molecular weight excluding hydrogens is 791 g/mol. The first-order valence-corrected chi connectivity index (χ1v) is 28.3. The summed E-state index contributed by atoms with van der Waals surface area (Å²) in [7, 11) is 0. The smallest absolute Gasteiger partial charge is 0.305 e. The van der Waals surface area contributed by atoms with Crippen LogP contribution >= 0.6 is 0 Å². The molecule has 6 heteroatoms. The Morgan fingerprint density at radius 1 is 0.422 bits per heavy atom. The summed E-state index contributed by atoms with van der Waals surface area (Å²) in [5.41, 5.74) is 0. The number of allylic oxidation sites excluding steroid dienone is 5. The summed E-state index contributed by atoms with van der Waals surface area (Å²) in [5.74, 6) is -0.0802. The van der Waals surface area contributed by atoms with E-state index in [0.29, 0.717) is 19.4 Å². The zero-order valence-corrected chi connectivity index (χ0v) is 42.8. The van der Waals surface area contributed by atoms with Gasteiger partial charge < -0.3 is 20.3 Å². The van der Waals surface area contributed by atoms with Crippen molar-refractivity contribution in [3.63, 3.8) is 0 Å². The molecule has 0 saturated carbocycles. The maximum absolute atomic E-state index is 12.4. The molecule has 0 fully saturated rings. The first kappa shape index (κ1) is 62.1. The fourth-order valence-corrected chi connectivity index (χ4v) is 8.50. The number of hydrogen-bond donors (Lipinski definition) is 3. The van der Waals surface area contributed by atoms with Crippen LogP contribution in [0.15, 0.2) is 36.5 Å². The van der Waals surface area contributed by atoms with Crippen LogP contribution in [0.25, 0.3) is 0 Å². The van der Waals surface area contributed by atoms with Gasteiger partial charge in [-0.3, -0.25) is 9.59 Å². The molecule has 0 aliphatic rings. The van der Waals surface area contributed by atoms with E-state index in [0.717, 1.165) is 51.4 Å². The fraction of sp³-hybridized carbons (Fsp3) is 0.862. The molecule has 0 aromatic rings. The molecule has 0 aliphatic carbocycles. The number of esters is 1. The van der Waals surface area contributed by atoms with Crippen molar-refractivity contribution in [1.29, 1.82) is 0 Å². The van der Waals surface area contributed by atoms with E-state index in [2.05, 4.69) is 43.5 Å². The molecule has 0 saturated heterocycles. The van der Waals surface area contributed by atoms with Crippen molar-refractivity contribution in [2.75, 3.05) is 13.2 Å². The molecule has 0 bridgehead atoms. The van der Waals surface area contributed by atoms with Gasteiger partial charge in [-0.2, -0.15) is 0 Å². The van der Waals surface area contributed by atoms with E-state index in [1.807, 2.05) is 6.08 Å². The molecule has 0 aromatic heterocycles. The highest BCUT2D eigenvalue weighted by Gasteiger charge is 2.18. The minimum absolute atomic E-state index is 0.000241. The number of aliphatic hydroxyl groups is 2. The first-order valence-electron chi connectivity index (χ1n) is 28.3. The van der Waals surface area contributed by atoms with E-state index in [4.69, 9.17) is 4.74 Å². The zero-order chi connectivity index (χ0) is 46.5. The average molecular weight is 901 g/mol. The van der Waals surface area contributed by atoms with Crippen LogP contribution < -0.4 is 5.32 Å². The Balaban J connectivity index is 3.43. The fourth-order valence-electron chi connectivity index (χ4n) is 8.50. The van der Waals surface area contributed by atoms with Gasteiger partial charge in [0.25, 0.3) is 0 Å². The summed E-state index contributed by atoms with van der Waals surface area (Å²) in [6.45, 7) is 4.87. The van der Waals surface area contributed by atoms with Gasteiger partial charge in [0.15, 0.2) is 0 Å². The minimum atomic E-state index is -0.849. The van der Waals surface area contributed by atoms with E-state index in [1.165, 1.54) is 218 Å². The van der Waals surface area contributed by atoms with Crippen molar-refractivity contribution in [3.8, 4) is 0 Å². The van der Waals surface area contributed by atoms with Crippen molar-refractivity contribution >= 4 is 11.9 Å². The number of carbonyl (C=O) groups excluding carboxylic acids is 2. The van der Waals surface area contributed by atoms with E-state index >= 15 is 0 Å². The first-order chi connectivity index (χ1) is 31.5. The van der Waals surface area contributed by atoms with Crippen molar-refractivity contribution in [3.05, 3.63) is 36.5 Å². The molecule has 0 radical (unpaired) electrons. The second-order valence-corrected chi connectivity index (χ2v) is 19.3. The SMILES string of the molecule is CCCCCCCCC/C=C\CCCCCCCCCC(=O)OCCCCCCCCCC/C=C\CCCCCCCCCC(=O)NC(CO)C(O)/C=C/CCCCCCCCCC. The third kappa shape index (κ3) is 49.5. The number of aliphatic hydroxyl groups excluding tert-OH is 2. The molecule has 64 heavy (non-hydrogen) atoms. The lowest BCUT2D eigenvalue weighted by atomic mass is 10.1. The molecule has 3 N–H and O–H groups in total. The van der Waals surface area contributed by atoms with Gasteiger partial charge in [0.1, 0.15) is 0 Å². The number of amides is 1. The zero-order valence-electron chi connectivity index (χ0n) is 42.8. The number of carbonyl (C=O) groups is 2. The van der Waals surface area contributed by atoms with Crippen molar-refractivity contribution in [1.82, 2.24) is 5.32 Å². The lowest BCUT2D eigenvalue weighted by Gasteiger charge is -2.20. The van der Waals surface area contributed by atoms with E-state index in [1.54, 1.807) is 6.08 Å². The Kier molecular flexibility index (Phi) is 52.1. The summed E-state index contributed by atoms with van der Waals surface area (Å²) < 4.78 is 5.48. The third-order valence-corrected chi connectivity index (χ3v) is 12.9. The average Bonchev–Trinajstić information content (AvgIpc) is 3.29. The molecule has 6 nitrogen and oxygen atoms in total. The van der Waals surface area contributed by atoms with Gasteiger partial charge in [-0.25, -0.2) is 0 Å². The number of unbranched alkanes of at least 4 members (excludes halogenated alkanes) is 37. The number of ether oxygens (including phenoxy) is 1. The van der Waals surface area contributed by atoms with Gasteiger partial charge >= 0.3 is 5.97 Å². The van der Waals surface area contributed by atoms with Crippen molar-refractivity contribution < 1.29 is 24.5 Å². The minimum Gasteiger partial charge on any atom is -0.466 e. The predicted octanol–water partition coefficient (Wildman–Crippen LogP) is 17.2. The quantitative estimate of drug-likeness (QED) is 0.0321. The molecule has 0 aliphatic heterocycles. The summed E-state index contributed by atoms with van der Waals surface area (Å²) in [6, 6.07) is -0.633. The Morgan fingerprint density at radius 3 is 1.11 bits per heavy atom. The summed E-state index contributed by atoms with van der Waals surface area (Å²) in [5, 5.41) is 22.9. The number of nitrogens with one attached hydrogen (secondary N) is 1. The van der Waals surface area contributed by atoms with E-state index in [-0.39, 0.29) is 18.5 Å². The molecule has 0 aromatic carbocycles. The molecule has 376 valence electrons. The lowest BCUT2D eigenvalue weighted by molar-refractivity contribution is -0.143. The Morgan fingerprint density at radius 2 is 0.734 bits per heavy atom. The van der Waals surface area contributed by atoms with Crippen LogP contribution in [0.3, 0.4) is 0 Å². The summed E-state index contributed by atoms with van der Waals surface area (Å²) in [6.07, 6.45) is 66.0. The monoisotopic (exact) mass is 900 g/mol. The van der Waals surface area contributed by atoms with Crippen LogP contribution in [-0.4, -0.2) is 47.4 Å². The largest absolute Gasteiger partial charge is 0.466 e. The third-order valence-electron chi connectivity index (χ3n) is 12.9. The van der Waals surface area contributed by atoms with Gasteiger partial charge in [-0.1, -0.05) is 237 Å². The summed E-state index contributed by atoms with van der Waals surface area (Å²) >= 11 is 0. The highest BCUT2D eigenvalue weighted by Crippen LogP contribution is 2.15. The molecule has 0 heterocycles. The molecule has 2 unspecified atom stereocenters. The molecular formula is C58H109NO5. The van der Waals surface area contributed by atoms with Crippen LogP contribution in [0, 0.1) is 0 Å². The van der Waals surface area contributed by atoms with Gasteiger partial charge in [-0.15, -0.1) is 0 Å². The maximum atomic E-state index is 12.4. The summed E-state index contributed by atoms with van der Waals surface area (Å²) in [4.78, 5) is 24.5. The second kappa shape index (κ2) is 53.7. The number of hydrogen-bond acceptors (Lipinski definition) is 5. The standard InChI is InChI=1S/C58H109NO5/c1-3-5-7-9-11-13-15-16-17-18-23-26-29-32-36-40-44-48-52-58(63)64-53-49-45-41-37-33-30-27-24-21-19-20-22-25-28-31-35-39-43-47-51-57(62)59-55(54-60)56(61)50-46-42-38-34-14-12-10-8-6-4-2/h17-20,46,50,55-56,60-61H,3-16,21-45,47-49,51-54H2,1-2H3,(H,59,62)/b18-17-,20-19-,50-46+. The van der Waals surface area contributed by atoms with Gasteiger partial charge in [-0.05, 0) is 83.5 Å². The van der Waals surface area contributed by atoms with Crippen LogP contribution in [0.5, 0.6) is 0 Å². The maximum Gasteiger partial charge on any atom is 0.305 e. The molecule has 0 spiro atoms. The number of rotatable bonds is 52. The topological polar surface area (TPSA) is 95.9 Å². The lowest BCUT2D eigenvalue weighted by Crippen LogP contribution is -2.45. The van der Waals surface area contributed by atoms with E-state index in [9.17, 15) is 19.8 Å². The molecule has 1 amide bonds. The van der Waals surface area contributed by atoms with Crippen LogP contribution in [-0.2, 0) is 14.3 Å². The Labute approximate surface area is 398 Å². The van der Waals surface area contributed by atoms with Crippen LogP contribution in [0.1, 0.15) is 296 Å². The van der Waals surface area contributed by atoms with Crippen LogP contribution in [0.2, 0.25) is 0 Å². The van der Waals surface area contributed by atoms with Crippen molar-refractivity contribution in [2.24, 2.45) is 0 Å². The van der Waals surface area contributed by atoms with Crippen molar-refractivity contribution in [2.45, 2.75) is 309 Å². The highest BCUT2D eigenvalue weighted by molar-refractivity contribution is 5.76.